The van der Waals surface area contributed by atoms with Crippen molar-refractivity contribution in [1.29, 1.82) is 0 Å². The Morgan fingerprint density at radius 3 is 2.62 bits per heavy atom. The number of fused-ring (bicyclic) bond motifs is 1. The van der Waals surface area contributed by atoms with Gasteiger partial charge in [0.1, 0.15) is 0 Å². The molecular weight excluding hydrogens is 334 g/mol. The van der Waals surface area contributed by atoms with E-state index in [-0.39, 0.29) is 19.3 Å². The molecule has 0 radical (unpaired) electrons. The zero-order valence-electron chi connectivity index (χ0n) is 15.0. The van der Waals surface area contributed by atoms with E-state index in [1.165, 1.54) is 0 Å². The molecule has 1 aliphatic heterocycles. The van der Waals surface area contributed by atoms with Gasteiger partial charge < -0.3 is 19.5 Å². The fraction of sp³-hybridized carbons (Fsp3) is 0.300. The molecule has 0 fully saturated rings. The molecule has 0 aliphatic carbocycles. The van der Waals surface area contributed by atoms with Crippen molar-refractivity contribution in [3.8, 4) is 11.5 Å². The second-order valence-electron chi connectivity index (χ2n) is 6.41. The summed E-state index contributed by atoms with van der Waals surface area (Å²) in [4.78, 5) is 25.0. The van der Waals surface area contributed by atoms with Gasteiger partial charge in [0.25, 0.3) is 0 Å². The Balaban J connectivity index is 1.84. The number of rotatable bonds is 5. The van der Waals surface area contributed by atoms with E-state index in [9.17, 15) is 9.59 Å². The third-order valence-electron chi connectivity index (χ3n) is 4.33. The smallest absolute Gasteiger partial charge is 0.340 e. The van der Waals surface area contributed by atoms with Crippen LogP contribution in [0.3, 0.4) is 0 Å². The number of para-hydroxylation sites is 1. The molecule has 136 valence electrons. The molecule has 26 heavy (non-hydrogen) atoms. The number of hydrogen-bond acceptors (Lipinski definition) is 5. The molecule has 0 aromatic heterocycles. The summed E-state index contributed by atoms with van der Waals surface area (Å²) < 4.78 is 15.8. The van der Waals surface area contributed by atoms with Crippen molar-refractivity contribution in [2.75, 3.05) is 18.7 Å². The van der Waals surface area contributed by atoms with Crippen molar-refractivity contribution in [3.05, 3.63) is 53.6 Å². The van der Waals surface area contributed by atoms with Crippen molar-refractivity contribution in [3.63, 3.8) is 0 Å². The summed E-state index contributed by atoms with van der Waals surface area (Å²) >= 11 is 0. The fourth-order valence-corrected chi connectivity index (χ4v) is 2.67. The van der Waals surface area contributed by atoms with E-state index < -0.39 is 11.4 Å². The predicted molar refractivity (Wildman–Crippen MR) is 96.6 cm³/mol. The Morgan fingerprint density at radius 2 is 1.85 bits per heavy atom. The maximum absolute atomic E-state index is 12.9. The van der Waals surface area contributed by atoms with Gasteiger partial charge in [0.2, 0.25) is 12.7 Å². The van der Waals surface area contributed by atoms with Crippen LogP contribution >= 0.6 is 0 Å². The van der Waals surface area contributed by atoms with Crippen LogP contribution < -0.4 is 14.8 Å². The van der Waals surface area contributed by atoms with Crippen molar-refractivity contribution in [1.82, 2.24) is 0 Å². The fourth-order valence-electron chi connectivity index (χ4n) is 2.67. The molecule has 0 atom stereocenters. The van der Waals surface area contributed by atoms with Crippen molar-refractivity contribution >= 4 is 17.6 Å². The van der Waals surface area contributed by atoms with Crippen LogP contribution in [0.2, 0.25) is 0 Å². The topological polar surface area (TPSA) is 73.9 Å². The summed E-state index contributed by atoms with van der Waals surface area (Å²) in [5.74, 6) is 0.574. The molecule has 6 heteroatoms. The molecule has 0 spiro atoms. The molecular formula is C20H21NO5. The summed E-state index contributed by atoms with van der Waals surface area (Å²) in [5.41, 5.74) is 0.685. The van der Waals surface area contributed by atoms with E-state index >= 15 is 0 Å². The Kier molecular flexibility index (Phi) is 4.84. The molecule has 0 bridgehead atoms. The van der Waals surface area contributed by atoms with E-state index in [4.69, 9.17) is 14.2 Å². The lowest BCUT2D eigenvalue weighted by Gasteiger charge is -2.25. The molecule has 1 aliphatic rings. The maximum atomic E-state index is 12.9. The standard InChI is InChI=1S/C20H21NO5/c1-4-24-18(22)14-7-5-6-8-15(14)21-19(23)20(2,3)13-9-10-16-17(11-13)26-12-25-16/h5-11H,4,12H2,1-3H3,(H,21,23). The molecule has 0 unspecified atom stereocenters. The van der Waals surface area contributed by atoms with Crippen molar-refractivity contribution < 1.29 is 23.8 Å². The average Bonchev–Trinajstić information content (AvgIpc) is 3.10. The first kappa shape index (κ1) is 17.8. The van der Waals surface area contributed by atoms with Gasteiger partial charge in [-0.15, -0.1) is 0 Å². The van der Waals surface area contributed by atoms with Gasteiger partial charge >= 0.3 is 5.97 Å². The van der Waals surface area contributed by atoms with Gasteiger partial charge in [-0.3, -0.25) is 4.79 Å². The SMILES string of the molecule is CCOC(=O)c1ccccc1NC(=O)C(C)(C)c1ccc2c(c1)OCO2. The van der Waals surface area contributed by atoms with Crippen LogP contribution in [0.25, 0.3) is 0 Å². The Morgan fingerprint density at radius 1 is 1.12 bits per heavy atom. The lowest BCUT2D eigenvalue weighted by Crippen LogP contribution is -2.35. The van der Waals surface area contributed by atoms with Crippen LogP contribution in [0.4, 0.5) is 5.69 Å². The minimum atomic E-state index is -0.844. The molecule has 3 rings (SSSR count). The van der Waals surface area contributed by atoms with Crippen LogP contribution in [0.1, 0.15) is 36.7 Å². The number of hydrogen-bond donors (Lipinski definition) is 1. The van der Waals surface area contributed by atoms with E-state index in [0.717, 1.165) is 5.56 Å². The highest BCUT2D eigenvalue weighted by molar-refractivity contribution is 6.04. The monoisotopic (exact) mass is 355 g/mol. The lowest BCUT2D eigenvalue weighted by molar-refractivity contribution is -0.120. The number of benzene rings is 2. The minimum absolute atomic E-state index is 0.179. The molecule has 1 heterocycles. The predicted octanol–water partition coefficient (Wildman–Crippen LogP) is 3.51. The summed E-state index contributed by atoms with van der Waals surface area (Å²) in [5, 5.41) is 2.84. The number of carbonyl (C=O) groups excluding carboxylic acids is 2. The van der Waals surface area contributed by atoms with Crippen LogP contribution in [-0.2, 0) is 14.9 Å². The third-order valence-corrected chi connectivity index (χ3v) is 4.33. The van der Waals surface area contributed by atoms with Crippen molar-refractivity contribution in [2.45, 2.75) is 26.2 Å². The highest BCUT2D eigenvalue weighted by atomic mass is 16.7. The lowest BCUT2D eigenvalue weighted by atomic mass is 9.83. The van der Waals surface area contributed by atoms with E-state index in [0.29, 0.717) is 22.7 Å². The van der Waals surface area contributed by atoms with E-state index in [1.807, 2.05) is 19.9 Å². The van der Waals surface area contributed by atoms with E-state index in [2.05, 4.69) is 5.32 Å². The quantitative estimate of drug-likeness (QED) is 0.831. The molecule has 2 aromatic rings. The average molecular weight is 355 g/mol. The number of amides is 1. The summed E-state index contributed by atoms with van der Waals surface area (Å²) in [7, 11) is 0. The first-order valence-corrected chi connectivity index (χ1v) is 8.41. The second-order valence-corrected chi connectivity index (χ2v) is 6.41. The Hall–Kier alpha value is -3.02. The zero-order chi connectivity index (χ0) is 18.7. The van der Waals surface area contributed by atoms with Gasteiger partial charge in [-0.2, -0.15) is 0 Å². The van der Waals surface area contributed by atoms with Gasteiger partial charge in [-0.25, -0.2) is 4.79 Å². The number of carbonyl (C=O) groups is 2. The molecule has 0 saturated heterocycles. The molecule has 2 aromatic carbocycles. The molecule has 1 amide bonds. The first-order valence-electron chi connectivity index (χ1n) is 8.41. The molecule has 1 N–H and O–H groups in total. The van der Waals surface area contributed by atoms with Gasteiger partial charge in [0.05, 0.1) is 23.3 Å². The summed E-state index contributed by atoms with van der Waals surface area (Å²) in [6.45, 7) is 5.81. The van der Waals surface area contributed by atoms with Gasteiger partial charge in [0, 0.05) is 0 Å². The van der Waals surface area contributed by atoms with Crippen LogP contribution in [0.15, 0.2) is 42.5 Å². The largest absolute Gasteiger partial charge is 0.462 e. The highest BCUT2D eigenvalue weighted by Gasteiger charge is 2.32. The van der Waals surface area contributed by atoms with Gasteiger partial charge in [-0.1, -0.05) is 18.2 Å². The Bertz CT molecular complexity index is 844. The minimum Gasteiger partial charge on any atom is -0.462 e. The number of ether oxygens (including phenoxy) is 3. The maximum Gasteiger partial charge on any atom is 0.340 e. The van der Waals surface area contributed by atoms with Crippen LogP contribution in [-0.4, -0.2) is 25.3 Å². The van der Waals surface area contributed by atoms with Crippen molar-refractivity contribution in [2.24, 2.45) is 0 Å². The number of esters is 1. The highest BCUT2D eigenvalue weighted by Crippen LogP contribution is 2.37. The van der Waals surface area contributed by atoms with Crippen LogP contribution in [0, 0.1) is 0 Å². The van der Waals surface area contributed by atoms with E-state index in [1.54, 1.807) is 43.3 Å². The molecule has 6 nitrogen and oxygen atoms in total. The number of anilines is 1. The van der Waals surface area contributed by atoms with Crippen LogP contribution in [0.5, 0.6) is 11.5 Å². The van der Waals surface area contributed by atoms with Gasteiger partial charge in [0.15, 0.2) is 11.5 Å². The Labute approximate surface area is 152 Å². The summed E-state index contributed by atoms with van der Waals surface area (Å²) in [6.07, 6.45) is 0. The zero-order valence-corrected chi connectivity index (χ0v) is 15.0. The van der Waals surface area contributed by atoms with Gasteiger partial charge in [-0.05, 0) is 50.6 Å². The normalized spacial score (nSPS) is 12.6. The summed E-state index contributed by atoms with van der Waals surface area (Å²) in [6, 6.07) is 12.2. The molecule has 0 saturated carbocycles. The third kappa shape index (κ3) is 3.35. The number of nitrogens with one attached hydrogen (secondary N) is 1. The first-order chi connectivity index (χ1) is 12.4. The second kappa shape index (κ2) is 7.07.